The van der Waals surface area contributed by atoms with Crippen molar-refractivity contribution in [1.82, 2.24) is 4.98 Å². The van der Waals surface area contributed by atoms with E-state index in [4.69, 9.17) is 4.74 Å². The third-order valence-electron chi connectivity index (χ3n) is 4.82. The minimum absolute atomic E-state index is 0.177. The molecule has 0 bridgehead atoms. The van der Waals surface area contributed by atoms with Gasteiger partial charge in [0.05, 0.1) is 24.9 Å². The molecule has 2 heterocycles. The number of amides is 2. The van der Waals surface area contributed by atoms with Crippen molar-refractivity contribution in [3.63, 3.8) is 0 Å². The van der Waals surface area contributed by atoms with Gasteiger partial charge in [0.25, 0.3) is 0 Å². The van der Waals surface area contributed by atoms with E-state index in [1.54, 1.807) is 41.2 Å². The number of halogens is 2. The van der Waals surface area contributed by atoms with E-state index in [1.807, 2.05) is 12.3 Å². The zero-order valence-corrected chi connectivity index (χ0v) is 16.7. The molecular weight excluding hydrogens is 396 g/mol. The van der Waals surface area contributed by atoms with Crippen LogP contribution in [0.2, 0.25) is 0 Å². The standard InChI is InChI=1S/C21H19F2N3O2S/c1-13-12-29-20(24-13)26-11-17(28-2)10-25(21(26)27)16-6-3-14(4-7-16)18-9-15(22)5-8-19(18)23/h3-9,12,17H,10-11H2,1-2H3. The molecule has 1 unspecified atom stereocenters. The average Bonchev–Trinajstić information content (AvgIpc) is 3.16. The van der Waals surface area contributed by atoms with Gasteiger partial charge in [0.15, 0.2) is 5.13 Å². The number of hydrogen-bond acceptors (Lipinski definition) is 4. The number of anilines is 2. The van der Waals surface area contributed by atoms with Crippen LogP contribution in [-0.4, -0.2) is 37.3 Å². The molecule has 0 N–H and O–H groups in total. The second kappa shape index (κ2) is 7.88. The third kappa shape index (κ3) is 3.86. The number of benzene rings is 2. The Bertz CT molecular complexity index is 1040. The SMILES string of the molecule is COC1CN(c2ccc(-c3cc(F)ccc3F)cc2)C(=O)N(c2nc(C)cs2)C1. The topological polar surface area (TPSA) is 45.7 Å². The Morgan fingerprint density at radius 2 is 1.83 bits per heavy atom. The van der Waals surface area contributed by atoms with E-state index in [2.05, 4.69) is 4.98 Å². The van der Waals surface area contributed by atoms with E-state index in [0.717, 1.165) is 23.9 Å². The number of urea groups is 1. The predicted molar refractivity (Wildman–Crippen MR) is 110 cm³/mol. The summed E-state index contributed by atoms with van der Waals surface area (Å²) >= 11 is 1.41. The van der Waals surface area contributed by atoms with E-state index in [0.29, 0.717) is 29.5 Å². The van der Waals surface area contributed by atoms with E-state index in [-0.39, 0.29) is 17.7 Å². The molecule has 3 aromatic rings. The van der Waals surface area contributed by atoms with Crippen molar-refractivity contribution < 1.29 is 18.3 Å². The molecule has 4 rings (SSSR count). The molecule has 1 saturated heterocycles. The highest BCUT2D eigenvalue weighted by Crippen LogP contribution is 2.30. The lowest BCUT2D eigenvalue weighted by Gasteiger charge is -2.38. The number of carbonyl (C=O) groups excluding carboxylic acids is 1. The smallest absolute Gasteiger partial charge is 0.330 e. The van der Waals surface area contributed by atoms with Gasteiger partial charge in [-0.2, -0.15) is 0 Å². The zero-order valence-electron chi connectivity index (χ0n) is 15.9. The number of hydrogen-bond donors (Lipinski definition) is 0. The van der Waals surface area contributed by atoms with Gasteiger partial charge in [0.2, 0.25) is 0 Å². The number of aryl methyl sites for hydroxylation is 1. The fourth-order valence-electron chi connectivity index (χ4n) is 3.30. The molecule has 5 nitrogen and oxygen atoms in total. The predicted octanol–water partition coefficient (Wildman–Crippen LogP) is 4.86. The minimum Gasteiger partial charge on any atom is -0.378 e. The van der Waals surface area contributed by atoms with Crippen LogP contribution in [0.3, 0.4) is 0 Å². The Hall–Kier alpha value is -2.84. The molecule has 8 heteroatoms. The number of rotatable bonds is 4. The van der Waals surface area contributed by atoms with Crippen molar-refractivity contribution in [2.45, 2.75) is 13.0 Å². The van der Waals surface area contributed by atoms with Crippen molar-refractivity contribution in [2.75, 3.05) is 30.0 Å². The lowest BCUT2D eigenvalue weighted by atomic mass is 10.0. The summed E-state index contributed by atoms with van der Waals surface area (Å²) in [6.07, 6.45) is -0.183. The summed E-state index contributed by atoms with van der Waals surface area (Å²) in [7, 11) is 1.61. The summed E-state index contributed by atoms with van der Waals surface area (Å²) < 4.78 is 33.1. The summed E-state index contributed by atoms with van der Waals surface area (Å²) in [5, 5.41) is 2.52. The molecule has 150 valence electrons. The largest absolute Gasteiger partial charge is 0.378 e. The van der Waals surface area contributed by atoms with Gasteiger partial charge in [-0.25, -0.2) is 18.6 Å². The second-order valence-electron chi connectivity index (χ2n) is 6.80. The molecule has 2 amide bonds. The van der Waals surface area contributed by atoms with Crippen LogP contribution in [0.25, 0.3) is 11.1 Å². The van der Waals surface area contributed by atoms with Gasteiger partial charge in [0.1, 0.15) is 11.6 Å². The molecule has 1 aliphatic heterocycles. The molecule has 0 aliphatic carbocycles. The van der Waals surface area contributed by atoms with E-state index in [1.165, 1.54) is 11.3 Å². The number of ether oxygens (including phenoxy) is 1. The summed E-state index contributed by atoms with van der Waals surface area (Å²) in [5.74, 6) is -1.01. The quantitative estimate of drug-likeness (QED) is 0.611. The first kappa shape index (κ1) is 19.5. The number of carbonyl (C=O) groups is 1. The van der Waals surface area contributed by atoms with Crippen LogP contribution in [0, 0.1) is 18.6 Å². The normalized spacial score (nSPS) is 17.1. The van der Waals surface area contributed by atoms with Crippen molar-refractivity contribution >= 4 is 28.2 Å². The highest BCUT2D eigenvalue weighted by Gasteiger charge is 2.35. The first-order valence-electron chi connectivity index (χ1n) is 9.05. The molecule has 1 aliphatic rings. The Labute approximate surface area is 171 Å². The first-order chi connectivity index (χ1) is 14.0. The van der Waals surface area contributed by atoms with E-state index < -0.39 is 11.6 Å². The third-order valence-corrected chi connectivity index (χ3v) is 5.81. The average molecular weight is 415 g/mol. The van der Waals surface area contributed by atoms with Crippen LogP contribution < -0.4 is 9.80 Å². The lowest BCUT2D eigenvalue weighted by Crippen LogP contribution is -2.56. The highest BCUT2D eigenvalue weighted by molar-refractivity contribution is 7.14. The Balaban J connectivity index is 1.64. The van der Waals surface area contributed by atoms with Crippen molar-refractivity contribution in [2.24, 2.45) is 0 Å². The molecule has 1 aromatic heterocycles. The maximum absolute atomic E-state index is 14.1. The molecule has 1 atom stereocenters. The van der Waals surface area contributed by atoms with Gasteiger partial charge >= 0.3 is 6.03 Å². The van der Waals surface area contributed by atoms with Gasteiger partial charge in [-0.05, 0) is 42.8 Å². The summed E-state index contributed by atoms with van der Waals surface area (Å²) in [6, 6.07) is 9.94. The van der Waals surface area contributed by atoms with Crippen molar-refractivity contribution in [3.8, 4) is 11.1 Å². The first-order valence-corrected chi connectivity index (χ1v) is 9.93. The second-order valence-corrected chi connectivity index (χ2v) is 7.64. The van der Waals surface area contributed by atoms with Crippen molar-refractivity contribution in [3.05, 3.63) is 65.2 Å². The molecule has 0 saturated carbocycles. The zero-order chi connectivity index (χ0) is 20.5. The number of thiazole rings is 1. The van der Waals surface area contributed by atoms with Gasteiger partial charge < -0.3 is 4.74 Å². The summed E-state index contributed by atoms with van der Waals surface area (Å²) in [6.45, 7) is 2.69. The Morgan fingerprint density at radius 3 is 2.48 bits per heavy atom. The maximum atomic E-state index is 14.1. The molecule has 0 radical (unpaired) electrons. The van der Waals surface area contributed by atoms with Gasteiger partial charge in [0, 0.05) is 23.7 Å². The van der Waals surface area contributed by atoms with Crippen LogP contribution in [0.15, 0.2) is 47.8 Å². The molecule has 0 spiro atoms. The van der Waals surface area contributed by atoms with Gasteiger partial charge in [-0.15, -0.1) is 11.3 Å². The lowest BCUT2D eigenvalue weighted by molar-refractivity contribution is 0.107. The fraction of sp³-hybridized carbons (Fsp3) is 0.238. The highest BCUT2D eigenvalue weighted by atomic mass is 32.1. The molecule has 1 fully saturated rings. The molecular formula is C21H19F2N3O2S. The van der Waals surface area contributed by atoms with Crippen LogP contribution in [0.4, 0.5) is 24.4 Å². The van der Waals surface area contributed by atoms with Crippen LogP contribution >= 0.6 is 11.3 Å². The monoisotopic (exact) mass is 415 g/mol. The summed E-state index contributed by atoms with van der Waals surface area (Å²) in [4.78, 5) is 20.7. The number of nitrogens with zero attached hydrogens (tertiary/aromatic N) is 3. The fourth-order valence-corrected chi connectivity index (χ4v) is 4.10. The van der Waals surface area contributed by atoms with Gasteiger partial charge in [-0.3, -0.25) is 9.80 Å². The van der Waals surface area contributed by atoms with Crippen LogP contribution in [-0.2, 0) is 4.74 Å². The Morgan fingerprint density at radius 1 is 1.10 bits per heavy atom. The Kier molecular flexibility index (Phi) is 5.29. The van der Waals surface area contributed by atoms with Crippen LogP contribution in [0.1, 0.15) is 5.69 Å². The van der Waals surface area contributed by atoms with E-state index >= 15 is 0 Å². The van der Waals surface area contributed by atoms with Gasteiger partial charge in [-0.1, -0.05) is 12.1 Å². The molecule has 29 heavy (non-hydrogen) atoms. The summed E-state index contributed by atoms with van der Waals surface area (Å²) in [5.41, 5.74) is 2.21. The molecule has 2 aromatic carbocycles. The number of methoxy groups -OCH3 is 1. The van der Waals surface area contributed by atoms with Crippen LogP contribution in [0.5, 0.6) is 0 Å². The minimum atomic E-state index is -0.506. The number of aromatic nitrogens is 1. The maximum Gasteiger partial charge on any atom is 0.330 e. The van der Waals surface area contributed by atoms with Crippen molar-refractivity contribution in [1.29, 1.82) is 0 Å². The van der Waals surface area contributed by atoms with E-state index in [9.17, 15) is 13.6 Å².